The van der Waals surface area contributed by atoms with Crippen LogP contribution in [0.3, 0.4) is 0 Å². The van der Waals surface area contributed by atoms with Gasteiger partial charge in [0.1, 0.15) is 17.3 Å². The third kappa shape index (κ3) is 2.00. The van der Waals surface area contributed by atoms with Crippen molar-refractivity contribution in [3.05, 3.63) is 46.8 Å². The largest absolute Gasteiger partial charge is 0.457 e. The standard InChI is InChI=1S/C13H7BrF2N2O2/c14-12-8(3-4-19-12)11-10(13(17)20-18-11)7-2-1-6(15)5-9(7)16/h1-5H,17H2. The van der Waals surface area contributed by atoms with E-state index in [9.17, 15) is 8.78 Å². The van der Waals surface area contributed by atoms with Crippen LogP contribution in [0.25, 0.3) is 22.4 Å². The quantitative estimate of drug-likeness (QED) is 0.758. The molecule has 0 spiro atoms. The second kappa shape index (κ2) is 4.75. The zero-order valence-corrected chi connectivity index (χ0v) is 11.4. The van der Waals surface area contributed by atoms with E-state index in [0.717, 1.165) is 12.1 Å². The monoisotopic (exact) mass is 340 g/mol. The highest BCUT2D eigenvalue weighted by atomic mass is 79.9. The van der Waals surface area contributed by atoms with Gasteiger partial charge in [-0.3, -0.25) is 0 Å². The molecule has 102 valence electrons. The van der Waals surface area contributed by atoms with Gasteiger partial charge >= 0.3 is 0 Å². The molecule has 0 atom stereocenters. The molecule has 7 heteroatoms. The number of anilines is 1. The molecule has 0 radical (unpaired) electrons. The van der Waals surface area contributed by atoms with E-state index in [1.165, 1.54) is 12.3 Å². The predicted octanol–water partition coefficient (Wildman–Crippen LogP) is 4.22. The smallest absolute Gasteiger partial charge is 0.230 e. The normalized spacial score (nSPS) is 10.9. The summed E-state index contributed by atoms with van der Waals surface area (Å²) in [5.74, 6) is -1.48. The molecule has 2 N–H and O–H groups in total. The zero-order chi connectivity index (χ0) is 14.3. The van der Waals surface area contributed by atoms with E-state index in [1.54, 1.807) is 6.07 Å². The molecular weight excluding hydrogens is 334 g/mol. The first-order chi connectivity index (χ1) is 9.58. The summed E-state index contributed by atoms with van der Waals surface area (Å²) in [5, 5.41) is 3.81. The Labute approximate surface area is 120 Å². The molecule has 2 heterocycles. The minimum absolute atomic E-state index is 0.0568. The fourth-order valence-electron chi connectivity index (χ4n) is 1.90. The second-order valence-corrected chi connectivity index (χ2v) is 4.72. The van der Waals surface area contributed by atoms with Gasteiger partial charge in [-0.2, -0.15) is 0 Å². The number of halogens is 3. The van der Waals surface area contributed by atoms with Crippen molar-refractivity contribution >= 4 is 21.8 Å². The van der Waals surface area contributed by atoms with Crippen molar-refractivity contribution < 1.29 is 17.7 Å². The summed E-state index contributed by atoms with van der Waals surface area (Å²) in [6, 6.07) is 4.83. The molecule has 3 aromatic rings. The summed E-state index contributed by atoms with van der Waals surface area (Å²) in [5.41, 5.74) is 6.93. The number of hydrogen-bond acceptors (Lipinski definition) is 4. The lowest BCUT2D eigenvalue weighted by Gasteiger charge is -2.03. The van der Waals surface area contributed by atoms with Gasteiger partial charge in [-0.25, -0.2) is 8.78 Å². The molecule has 4 nitrogen and oxygen atoms in total. The van der Waals surface area contributed by atoms with E-state index in [0.29, 0.717) is 15.9 Å². The first kappa shape index (κ1) is 12.9. The Morgan fingerprint density at radius 1 is 1.15 bits per heavy atom. The van der Waals surface area contributed by atoms with E-state index >= 15 is 0 Å². The maximum atomic E-state index is 13.9. The summed E-state index contributed by atoms with van der Waals surface area (Å²) in [7, 11) is 0. The van der Waals surface area contributed by atoms with Gasteiger partial charge in [-0.1, -0.05) is 5.16 Å². The Hall–Kier alpha value is -2.15. The average molecular weight is 341 g/mol. The maximum Gasteiger partial charge on any atom is 0.230 e. The highest BCUT2D eigenvalue weighted by Gasteiger charge is 2.23. The van der Waals surface area contributed by atoms with Crippen LogP contribution in [-0.2, 0) is 0 Å². The molecule has 0 saturated carbocycles. The molecule has 0 aliphatic rings. The van der Waals surface area contributed by atoms with Gasteiger partial charge in [-0.15, -0.1) is 0 Å². The number of benzene rings is 1. The number of nitrogens with zero attached hydrogens (tertiary/aromatic N) is 1. The van der Waals surface area contributed by atoms with Gasteiger partial charge in [0.05, 0.1) is 17.4 Å². The summed E-state index contributed by atoms with van der Waals surface area (Å²) < 4.78 is 37.4. The third-order valence-electron chi connectivity index (χ3n) is 2.79. The fraction of sp³-hybridized carbons (Fsp3) is 0. The van der Waals surface area contributed by atoms with Crippen LogP contribution in [0, 0.1) is 11.6 Å². The summed E-state index contributed by atoms with van der Waals surface area (Å²) in [6.07, 6.45) is 1.44. The Bertz CT molecular complexity index is 783. The van der Waals surface area contributed by atoms with E-state index in [1.807, 2.05) is 0 Å². The number of rotatable bonds is 2. The molecule has 0 fully saturated rings. The van der Waals surface area contributed by atoms with Gasteiger partial charge in [0.2, 0.25) is 5.88 Å². The third-order valence-corrected chi connectivity index (χ3v) is 3.41. The van der Waals surface area contributed by atoms with Gasteiger partial charge in [0.15, 0.2) is 4.67 Å². The number of aromatic nitrogens is 1. The fourth-order valence-corrected chi connectivity index (χ4v) is 2.33. The van der Waals surface area contributed by atoms with Crippen LogP contribution < -0.4 is 5.73 Å². The lowest BCUT2D eigenvalue weighted by atomic mass is 10.0. The van der Waals surface area contributed by atoms with Crippen LogP contribution in [0.2, 0.25) is 0 Å². The summed E-state index contributed by atoms with van der Waals surface area (Å²) in [6.45, 7) is 0. The van der Waals surface area contributed by atoms with Crippen LogP contribution in [0.1, 0.15) is 0 Å². The van der Waals surface area contributed by atoms with Crippen molar-refractivity contribution in [3.8, 4) is 22.4 Å². The topological polar surface area (TPSA) is 65.2 Å². The van der Waals surface area contributed by atoms with E-state index < -0.39 is 11.6 Å². The molecule has 1 aromatic carbocycles. The van der Waals surface area contributed by atoms with Crippen molar-refractivity contribution in [3.63, 3.8) is 0 Å². The highest BCUT2D eigenvalue weighted by Crippen LogP contribution is 2.40. The lowest BCUT2D eigenvalue weighted by molar-refractivity contribution is 0.439. The van der Waals surface area contributed by atoms with Gasteiger partial charge in [0, 0.05) is 11.6 Å². The van der Waals surface area contributed by atoms with E-state index in [2.05, 4.69) is 21.1 Å². The summed E-state index contributed by atoms with van der Waals surface area (Å²) in [4.78, 5) is 0. The Morgan fingerprint density at radius 3 is 2.60 bits per heavy atom. The maximum absolute atomic E-state index is 13.9. The number of nitrogens with two attached hydrogens (primary N) is 1. The highest BCUT2D eigenvalue weighted by molar-refractivity contribution is 9.10. The number of furan rings is 1. The Morgan fingerprint density at radius 2 is 1.95 bits per heavy atom. The minimum Gasteiger partial charge on any atom is -0.457 e. The molecule has 2 aromatic heterocycles. The van der Waals surface area contributed by atoms with Crippen molar-refractivity contribution in [1.29, 1.82) is 0 Å². The molecule has 0 aliphatic carbocycles. The van der Waals surface area contributed by atoms with Crippen LogP contribution in [0.4, 0.5) is 14.7 Å². The predicted molar refractivity (Wildman–Crippen MR) is 71.7 cm³/mol. The first-order valence-electron chi connectivity index (χ1n) is 5.52. The Kier molecular flexibility index (Phi) is 3.06. The van der Waals surface area contributed by atoms with Crippen molar-refractivity contribution in [2.24, 2.45) is 0 Å². The number of nitrogen functional groups attached to an aromatic ring is 1. The molecule has 0 aliphatic heterocycles. The molecule has 0 saturated heterocycles. The second-order valence-electron chi connectivity index (χ2n) is 4.00. The van der Waals surface area contributed by atoms with Crippen LogP contribution in [0.15, 0.2) is 44.1 Å². The molecule has 20 heavy (non-hydrogen) atoms. The zero-order valence-electron chi connectivity index (χ0n) is 9.86. The molecule has 0 amide bonds. The van der Waals surface area contributed by atoms with Crippen LogP contribution in [-0.4, -0.2) is 5.16 Å². The van der Waals surface area contributed by atoms with Crippen molar-refractivity contribution in [2.75, 3.05) is 5.73 Å². The summed E-state index contributed by atoms with van der Waals surface area (Å²) >= 11 is 3.21. The lowest BCUT2D eigenvalue weighted by Crippen LogP contribution is -1.91. The van der Waals surface area contributed by atoms with Gasteiger partial charge in [-0.05, 0) is 34.1 Å². The molecule has 0 bridgehead atoms. The van der Waals surface area contributed by atoms with Crippen LogP contribution in [0.5, 0.6) is 0 Å². The molecule has 3 rings (SSSR count). The molecular formula is C13H7BrF2N2O2. The number of hydrogen-bond donors (Lipinski definition) is 1. The van der Waals surface area contributed by atoms with Crippen molar-refractivity contribution in [1.82, 2.24) is 5.16 Å². The van der Waals surface area contributed by atoms with E-state index in [-0.39, 0.29) is 17.0 Å². The first-order valence-corrected chi connectivity index (χ1v) is 6.31. The average Bonchev–Trinajstić information content (AvgIpc) is 2.96. The van der Waals surface area contributed by atoms with Gasteiger partial charge in [0.25, 0.3) is 0 Å². The van der Waals surface area contributed by atoms with Crippen LogP contribution >= 0.6 is 15.9 Å². The van der Waals surface area contributed by atoms with E-state index in [4.69, 9.17) is 14.7 Å². The van der Waals surface area contributed by atoms with Crippen molar-refractivity contribution in [2.45, 2.75) is 0 Å². The Balaban J connectivity index is 2.24. The minimum atomic E-state index is -0.749. The van der Waals surface area contributed by atoms with Gasteiger partial charge < -0.3 is 14.7 Å². The molecule has 0 unspecified atom stereocenters. The SMILES string of the molecule is Nc1onc(-c2ccoc2Br)c1-c1ccc(F)cc1F.